The molecule has 2 unspecified atom stereocenters. The molecule has 104 valence electrons. The number of carbonyl (C=O) groups excluding carboxylic acids is 1. The molecule has 0 saturated carbocycles. The first-order valence-electron chi connectivity index (χ1n) is 6.44. The standard InChI is InChI=1S/C14H19NO4/c1-3-7-12(15(17)18)10-11(2)14(16)19-13-8-5-4-6-9-13/h4-6,8-9,11-12H,3,7,10H2,1-2H3. The van der Waals surface area contributed by atoms with Crippen LogP contribution >= 0.6 is 0 Å². The Morgan fingerprint density at radius 3 is 2.53 bits per heavy atom. The van der Waals surface area contributed by atoms with Gasteiger partial charge in [-0.3, -0.25) is 14.9 Å². The fourth-order valence-corrected chi connectivity index (χ4v) is 1.85. The summed E-state index contributed by atoms with van der Waals surface area (Å²) in [6.07, 6.45) is 1.43. The minimum atomic E-state index is -0.677. The molecule has 1 rings (SSSR count). The van der Waals surface area contributed by atoms with Gasteiger partial charge in [-0.05, 0) is 18.6 Å². The largest absolute Gasteiger partial charge is 0.426 e. The zero-order chi connectivity index (χ0) is 14.3. The summed E-state index contributed by atoms with van der Waals surface area (Å²) in [5.41, 5.74) is 0. The van der Waals surface area contributed by atoms with Crippen LogP contribution in [0.15, 0.2) is 30.3 Å². The van der Waals surface area contributed by atoms with Crippen molar-refractivity contribution in [1.29, 1.82) is 0 Å². The van der Waals surface area contributed by atoms with Crippen LogP contribution < -0.4 is 4.74 Å². The number of para-hydroxylation sites is 1. The Bertz CT molecular complexity index is 419. The fourth-order valence-electron chi connectivity index (χ4n) is 1.85. The average molecular weight is 265 g/mol. The third-order valence-electron chi connectivity index (χ3n) is 2.91. The lowest BCUT2D eigenvalue weighted by Crippen LogP contribution is -2.27. The lowest BCUT2D eigenvalue weighted by atomic mass is 9.99. The van der Waals surface area contributed by atoms with Gasteiger partial charge in [0.05, 0.1) is 5.92 Å². The fraction of sp³-hybridized carbons (Fsp3) is 0.500. The molecule has 5 heteroatoms. The molecule has 19 heavy (non-hydrogen) atoms. The topological polar surface area (TPSA) is 69.4 Å². The molecular formula is C14H19NO4. The van der Waals surface area contributed by atoms with Gasteiger partial charge in [0.1, 0.15) is 5.75 Å². The third-order valence-corrected chi connectivity index (χ3v) is 2.91. The van der Waals surface area contributed by atoms with Crippen LogP contribution in [0.4, 0.5) is 0 Å². The van der Waals surface area contributed by atoms with E-state index < -0.39 is 17.9 Å². The molecular weight excluding hydrogens is 246 g/mol. The van der Waals surface area contributed by atoms with Gasteiger partial charge in [0.2, 0.25) is 6.04 Å². The maximum Gasteiger partial charge on any atom is 0.314 e. The minimum absolute atomic E-state index is 0.215. The van der Waals surface area contributed by atoms with Crippen LogP contribution in [0.2, 0.25) is 0 Å². The molecule has 1 aromatic carbocycles. The van der Waals surface area contributed by atoms with Crippen molar-refractivity contribution in [3.63, 3.8) is 0 Å². The van der Waals surface area contributed by atoms with Crippen molar-refractivity contribution in [2.24, 2.45) is 5.92 Å². The maximum absolute atomic E-state index is 11.8. The quantitative estimate of drug-likeness (QED) is 0.329. The van der Waals surface area contributed by atoms with E-state index in [2.05, 4.69) is 0 Å². The number of esters is 1. The highest BCUT2D eigenvalue weighted by Crippen LogP contribution is 2.17. The van der Waals surface area contributed by atoms with E-state index in [0.717, 1.165) is 6.42 Å². The highest BCUT2D eigenvalue weighted by atomic mass is 16.6. The summed E-state index contributed by atoms with van der Waals surface area (Å²) >= 11 is 0. The monoisotopic (exact) mass is 265 g/mol. The first kappa shape index (κ1) is 15.1. The second kappa shape index (κ2) is 7.51. The van der Waals surface area contributed by atoms with Gasteiger partial charge in [-0.1, -0.05) is 32.0 Å². The lowest BCUT2D eigenvalue weighted by Gasteiger charge is -2.14. The van der Waals surface area contributed by atoms with E-state index in [0.29, 0.717) is 12.2 Å². The number of benzene rings is 1. The molecule has 0 aliphatic carbocycles. The van der Waals surface area contributed by atoms with Crippen LogP contribution in [-0.4, -0.2) is 16.9 Å². The van der Waals surface area contributed by atoms with E-state index in [1.807, 2.05) is 13.0 Å². The number of nitrogens with zero attached hydrogens (tertiary/aromatic N) is 1. The third kappa shape index (κ3) is 5.07. The van der Waals surface area contributed by atoms with Crippen molar-refractivity contribution in [2.75, 3.05) is 0 Å². The highest BCUT2D eigenvalue weighted by Gasteiger charge is 2.26. The van der Waals surface area contributed by atoms with Crippen LogP contribution in [0.5, 0.6) is 5.75 Å². The molecule has 0 saturated heterocycles. The van der Waals surface area contributed by atoms with Gasteiger partial charge >= 0.3 is 5.97 Å². The molecule has 1 aromatic rings. The SMILES string of the molecule is CCCC(CC(C)C(=O)Oc1ccccc1)[N+](=O)[O-]. The summed E-state index contributed by atoms with van der Waals surface area (Å²) in [5.74, 6) is -0.441. The first-order chi connectivity index (χ1) is 9.04. The van der Waals surface area contributed by atoms with Crippen LogP contribution in [0.1, 0.15) is 33.1 Å². The van der Waals surface area contributed by atoms with Crippen LogP contribution in [-0.2, 0) is 4.79 Å². The van der Waals surface area contributed by atoms with Crippen LogP contribution in [0, 0.1) is 16.0 Å². The number of nitro groups is 1. The molecule has 5 nitrogen and oxygen atoms in total. The molecule has 0 bridgehead atoms. The normalized spacial score (nSPS) is 13.6. The Labute approximate surface area is 112 Å². The Hall–Kier alpha value is -1.91. The Morgan fingerprint density at radius 1 is 1.37 bits per heavy atom. The van der Waals surface area contributed by atoms with E-state index in [9.17, 15) is 14.9 Å². The van der Waals surface area contributed by atoms with Crippen molar-refractivity contribution in [1.82, 2.24) is 0 Å². The molecule has 0 aromatic heterocycles. The molecule has 0 amide bonds. The van der Waals surface area contributed by atoms with Gasteiger partial charge in [-0.15, -0.1) is 0 Å². The average Bonchev–Trinajstić information content (AvgIpc) is 2.39. The second-order valence-electron chi connectivity index (χ2n) is 4.60. The minimum Gasteiger partial charge on any atom is -0.426 e. The summed E-state index contributed by atoms with van der Waals surface area (Å²) in [6, 6.07) is 8.05. The molecule has 0 fully saturated rings. The van der Waals surface area contributed by atoms with Crippen molar-refractivity contribution in [3.05, 3.63) is 40.4 Å². The molecule has 0 heterocycles. The number of hydrogen-bond donors (Lipinski definition) is 0. The van der Waals surface area contributed by atoms with E-state index in [1.54, 1.807) is 31.2 Å². The van der Waals surface area contributed by atoms with Crippen molar-refractivity contribution >= 4 is 5.97 Å². The van der Waals surface area contributed by atoms with E-state index in [1.165, 1.54) is 0 Å². The molecule has 0 radical (unpaired) electrons. The number of ether oxygens (including phenoxy) is 1. The van der Waals surface area contributed by atoms with Gasteiger partial charge in [-0.25, -0.2) is 0 Å². The van der Waals surface area contributed by atoms with Crippen molar-refractivity contribution < 1.29 is 14.5 Å². The summed E-state index contributed by atoms with van der Waals surface area (Å²) in [6.45, 7) is 3.56. The Kier molecular flexibility index (Phi) is 5.99. The Balaban J connectivity index is 2.54. The summed E-state index contributed by atoms with van der Waals surface area (Å²) < 4.78 is 5.17. The number of rotatable bonds is 7. The van der Waals surface area contributed by atoms with Gasteiger partial charge in [-0.2, -0.15) is 0 Å². The molecule has 0 N–H and O–H groups in total. The maximum atomic E-state index is 11.8. The molecule has 2 atom stereocenters. The predicted molar refractivity (Wildman–Crippen MR) is 71.5 cm³/mol. The zero-order valence-corrected chi connectivity index (χ0v) is 11.2. The summed E-state index contributed by atoms with van der Waals surface area (Å²) in [4.78, 5) is 22.4. The van der Waals surface area contributed by atoms with E-state index in [4.69, 9.17) is 4.74 Å². The lowest BCUT2D eigenvalue weighted by molar-refractivity contribution is -0.525. The first-order valence-corrected chi connectivity index (χ1v) is 6.44. The van der Waals surface area contributed by atoms with Crippen LogP contribution in [0.25, 0.3) is 0 Å². The van der Waals surface area contributed by atoms with E-state index >= 15 is 0 Å². The van der Waals surface area contributed by atoms with Gasteiger partial charge in [0, 0.05) is 17.8 Å². The van der Waals surface area contributed by atoms with Gasteiger partial charge in [0.15, 0.2) is 0 Å². The summed E-state index contributed by atoms with van der Waals surface area (Å²) in [5, 5.41) is 10.9. The molecule has 0 aliphatic rings. The predicted octanol–water partition coefficient (Wildman–Crippen LogP) is 3.06. The van der Waals surface area contributed by atoms with Gasteiger partial charge in [0.25, 0.3) is 0 Å². The zero-order valence-electron chi connectivity index (χ0n) is 11.2. The number of carbonyl (C=O) groups is 1. The van der Waals surface area contributed by atoms with Crippen LogP contribution in [0.3, 0.4) is 0 Å². The van der Waals surface area contributed by atoms with Gasteiger partial charge < -0.3 is 4.74 Å². The molecule has 0 spiro atoms. The highest BCUT2D eigenvalue weighted by molar-refractivity contribution is 5.74. The summed E-state index contributed by atoms with van der Waals surface area (Å²) in [7, 11) is 0. The number of hydrogen-bond acceptors (Lipinski definition) is 4. The second-order valence-corrected chi connectivity index (χ2v) is 4.60. The smallest absolute Gasteiger partial charge is 0.314 e. The van der Waals surface area contributed by atoms with E-state index in [-0.39, 0.29) is 11.3 Å². The van der Waals surface area contributed by atoms with Crippen molar-refractivity contribution in [3.8, 4) is 5.75 Å². The molecule has 0 aliphatic heterocycles. The Morgan fingerprint density at radius 2 is 2.00 bits per heavy atom. The van der Waals surface area contributed by atoms with Crippen molar-refractivity contribution in [2.45, 2.75) is 39.2 Å².